The van der Waals surface area contributed by atoms with Gasteiger partial charge in [-0.25, -0.2) is 0 Å². The lowest BCUT2D eigenvalue weighted by Gasteiger charge is -2.29. The molecule has 4 aromatic rings. The Labute approximate surface area is 355 Å². The molecule has 2 aliphatic heterocycles. The van der Waals surface area contributed by atoms with Crippen molar-refractivity contribution in [2.24, 2.45) is 11.8 Å². The molecule has 0 bridgehead atoms. The lowest BCUT2D eigenvalue weighted by Crippen LogP contribution is -2.34. The first-order valence-electron chi connectivity index (χ1n) is 21.0. The number of carbonyl (C=O) groups excluding carboxylic acids is 2. The van der Waals surface area contributed by atoms with Crippen molar-refractivity contribution >= 4 is 57.3 Å². The fourth-order valence-electron chi connectivity index (χ4n) is 7.63. The Morgan fingerprint density at radius 2 is 0.914 bits per heavy atom. The maximum absolute atomic E-state index is 15.1. The number of amides is 2. The zero-order chi connectivity index (χ0) is 41.3. The summed E-state index contributed by atoms with van der Waals surface area (Å²) in [6, 6.07) is 24.6. The predicted molar refractivity (Wildman–Crippen MR) is 246 cm³/mol. The summed E-state index contributed by atoms with van der Waals surface area (Å²) >= 11 is 3.12. The van der Waals surface area contributed by atoms with Crippen LogP contribution in [0.5, 0.6) is 0 Å². The molecule has 8 heteroatoms. The number of fused-ring (bicyclic) bond motifs is 1. The highest BCUT2D eigenvalue weighted by Gasteiger charge is 2.50. The molecule has 0 spiro atoms. The van der Waals surface area contributed by atoms with Gasteiger partial charge in [-0.15, -0.1) is 22.7 Å². The normalized spacial score (nSPS) is 14.7. The summed E-state index contributed by atoms with van der Waals surface area (Å²) in [4.78, 5) is 41.8. The van der Waals surface area contributed by atoms with Crippen molar-refractivity contribution in [2.75, 3.05) is 51.1 Å². The lowest BCUT2D eigenvalue weighted by atomic mass is 9.98. The van der Waals surface area contributed by atoms with Gasteiger partial charge in [-0.1, -0.05) is 89.9 Å². The van der Waals surface area contributed by atoms with E-state index in [4.69, 9.17) is 0 Å². The van der Waals surface area contributed by atoms with Gasteiger partial charge in [-0.05, 0) is 97.5 Å². The Morgan fingerprint density at radius 3 is 1.24 bits per heavy atom. The third kappa shape index (κ3) is 9.63. The number of hydrogen-bond donors (Lipinski definition) is 0. The van der Waals surface area contributed by atoms with E-state index in [0.717, 1.165) is 105 Å². The van der Waals surface area contributed by atoms with E-state index in [1.165, 1.54) is 0 Å². The van der Waals surface area contributed by atoms with Gasteiger partial charge in [-0.2, -0.15) is 0 Å². The summed E-state index contributed by atoms with van der Waals surface area (Å²) in [6.07, 6.45) is 8.44. The topological polar surface area (TPSA) is 47.1 Å². The molecule has 0 saturated carbocycles. The zero-order valence-corrected chi connectivity index (χ0v) is 37.2. The molecule has 6 rings (SSSR count). The van der Waals surface area contributed by atoms with Crippen LogP contribution in [0.15, 0.2) is 83.9 Å². The SMILES string of the molecule is CCCCC(CC)CN1C(=O)C2=C(c3ccc(C#Cc4ccc(N(C)C)cc4)s3)N(CC(CC)CCCC)C(=O)C2=C1c1ccc(C#Cc2ccc(N(C)C)cc2)s1. The Kier molecular flexibility index (Phi) is 14.4. The number of thiophene rings is 2. The fraction of sp³-hybridized carbons (Fsp3) is 0.400. The average Bonchev–Trinajstić information content (AvgIpc) is 4.02. The summed E-state index contributed by atoms with van der Waals surface area (Å²) in [6.45, 7) is 10.0. The second kappa shape index (κ2) is 19.6. The first kappa shape index (κ1) is 42.6. The zero-order valence-electron chi connectivity index (χ0n) is 35.6. The quantitative estimate of drug-likeness (QED) is 0.106. The van der Waals surface area contributed by atoms with Crippen LogP contribution in [0.25, 0.3) is 11.4 Å². The maximum Gasteiger partial charge on any atom is 0.261 e. The Morgan fingerprint density at radius 1 is 0.534 bits per heavy atom. The lowest BCUT2D eigenvalue weighted by molar-refractivity contribution is -0.124. The first-order chi connectivity index (χ1) is 28.1. The number of carbonyl (C=O) groups is 2. The summed E-state index contributed by atoms with van der Waals surface area (Å²) < 4.78 is 0. The van der Waals surface area contributed by atoms with Gasteiger partial charge in [0.1, 0.15) is 0 Å². The second-order valence-electron chi connectivity index (χ2n) is 15.8. The van der Waals surface area contributed by atoms with Crippen molar-refractivity contribution in [2.45, 2.75) is 79.1 Å². The van der Waals surface area contributed by atoms with E-state index in [9.17, 15) is 0 Å². The highest BCUT2D eigenvalue weighted by atomic mass is 32.1. The number of rotatable bonds is 16. The summed E-state index contributed by atoms with van der Waals surface area (Å²) in [7, 11) is 8.11. The van der Waals surface area contributed by atoms with Gasteiger partial charge in [-0.3, -0.25) is 9.59 Å². The predicted octanol–water partition coefficient (Wildman–Crippen LogP) is 11.0. The molecule has 2 aromatic carbocycles. The van der Waals surface area contributed by atoms with Gasteiger partial charge in [0.15, 0.2) is 0 Å². The smallest absolute Gasteiger partial charge is 0.261 e. The van der Waals surface area contributed by atoms with Gasteiger partial charge < -0.3 is 19.6 Å². The second-order valence-corrected chi connectivity index (χ2v) is 18.0. The highest BCUT2D eigenvalue weighted by molar-refractivity contribution is 7.14. The highest BCUT2D eigenvalue weighted by Crippen LogP contribution is 2.49. The third-order valence-electron chi connectivity index (χ3n) is 11.3. The molecule has 2 unspecified atom stereocenters. The van der Waals surface area contributed by atoms with Crippen LogP contribution < -0.4 is 9.80 Å². The first-order valence-corrected chi connectivity index (χ1v) is 22.6. The molecule has 2 aliphatic rings. The third-order valence-corrected chi connectivity index (χ3v) is 13.3. The fourth-order valence-corrected chi connectivity index (χ4v) is 9.47. The monoisotopic (exact) mass is 810 g/mol. The van der Waals surface area contributed by atoms with Crippen LogP contribution in [0.2, 0.25) is 0 Å². The molecule has 2 amide bonds. The number of benzene rings is 2. The molecule has 2 atom stereocenters. The van der Waals surface area contributed by atoms with Crippen molar-refractivity contribution in [1.29, 1.82) is 0 Å². The minimum atomic E-state index is -0.0727. The van der Waals surface area contributed by atoms with Crippen LogP contribution in [0.3, 0.4) is 0 Å². The Hall–Kier alpha value is -5.02. The van der Waals surface area contributed by atoms with Crippen molar-refractivity contribution in [1.82, 2.24) is 9.80 Å². The van der Waals surface area contributed by atoms with Gasteiger partial charge in [0, 0.05) is 63.8 Å². The molecular formula is C50H58N4O2S2. The van der Waals surface area contributed by atoms with E-state index in [1.807, 2.05) is 74.4 Å². The van der Waals surface area contributed by atoms with E-state index in [-0.39, 0.29) is 11.8 Å². The van der Waals surface area contributed by atoms with Crippen molar-refractivity contribution in [3.63, 3.8) is 0 Å². The molecule has 6 nitrogen and oxygen atoms in total. The van der Waals surface area contributed by atoms with E-state index in [1.54, 1.807) is 22.7 Å². The maximum atomic E-state index is 15.1. The van der Waals surface area contributed by atoms with Crippen LogP contribution in [-0.2, 0) is 9.59 Å². The van der Waals surface area contributed by atoms with Gasteiger partial charge in [0.05, 0.1) is 42.0 Å². The van der Waals surface area contributed by atoms with Crippen molar-refractivity contribution in [3.05, 3.63) is 115 Å². The van der Waals surface area contributed by atoms with Gasteiger partial charge in [0.25, 0.3) is 11.8 Å². The summed E-state index contributed by atoms with van der Waals surface area (Å²) in [5.41, 5.74) is 6.69. The van der Waals surface area contributed by atoms with E-state index in [2.05, 4.69) is 97.6 Å². The van der Waals surface area contributed by atoms with Crippen LogP contribution in [0, 0.1) is 35.5 Å². The number of anilines is 2. The van der Waals surface area contributed by atoms with E-state index in [0.29, 0.717) is 36.1 Å². The van der Waals surface area contributed by atoms with Crippen LogP contribution in [-0.4, -0.2) is 62.9 Å². The van der Waals surface area contributed by atoms with E-state index < -0.39 is 0 Å². The molecule has 58 heavy (non-hydrogen) atoms. The van der Waals surface area contributed by atoms with Crippen LogP contribution >= 0.6 is 22.7 Å². The van der Waals surface area contributed by atoms with Crippen LogP contribution in [0.1, 0.15) is 110 Å². The average molecular weight is 811 g/mol. The van der Waals surface area contributed by atoms with Gasteiger partial charge >= 0.3 is 0 Å². The molecule has 0 N–H and O–H groups in total. The molecule has 4 heterocycles. The molecule has 0 fully saturated rings. The number of unbranched alkanes of at least 4 members (excludes halogenated alkanes) is 2. The molecular weight excluding hydrogens is 753 g/mol. The minimum Gasteiger partial charge on any atom is -0.378 e. The number of hydrogen-bond acceptors (Lipinski definition) is 6. The van der Waals surface area contributed by atoms with Crippen LogP contribution in [0.4, 0.5) is 11.4 Å². The molecule has 0 aliphatic carbocycles. The molecule has 302 valence electrons. The van der Waals surface area contributed by atoms with Gasteiger partial charge in [0.2, 0.25) is 0 Å². The summed E-state index contributed by atoms with van der Waals surface area (Å²) in [5, 5.41) is 0. The summed E-state index contributed by atoms with van der Waals surface area (Å²) in [5.74, 6) is 13.9. The van der Waals surface area contributed by atoms with E-state index >= 15 is 9.59 Å². The molecule has 0 radical (unpaired) electrons. The van der Waals surface area contributed by atoms with Crippen molar-refractivity contribution < 1.29 is 9.59 Å². The standard InChI is InChI=1S/C50H58N4O2S2/c1-9-13-15-35(11-3)33-53-47(43-31-29-41(57-43)27-21-37-17-23-39(24-18-37)51(5)6)45-46(49(53)55)48(54(50(45)56)34-36(12-4)16-14-10-2)44-32-30-42(58-44)28-22-38-19-25-40(26-20-38)52(7)8/h17-20,23-26,29-32,35-36H,9-16,33-34H2,1-8H3. The minimum absolute atomic E-state index is 0.0727. The Bertz CT molecular complexity index is 2110. The van der Waals surface area contributed by atoms with Crippen molar-refractivity contribution in [3.8, 4) is 23.7 Å². The molecule has 2 aromatic heterocycles. The molecule has 0 saturated heterocycles. The Balaban J connectivity index is 1.45. The number of nitrogens with zero attached hydrogens (tertiary/aromatic N) is 4. The largest absolute Gasteiger partial charge is 0.378 e.